The Morgan fingerprint density at radius 3 is 2.48 bits per heavy atom. The van der Waals surface area contributed by atoms with Crippen molar-refractivity contribution in [1.82, 2.24) is 5.32 Å². The molecule has 0 unspecified atom stereocenters. The molecule has 0 amide bonds. The van der Waals surface area contributed by atoms with Crippen LogP contribution in [0.4, 0.5) is 0 Å². The first kappa shape index (κ1) is 16.0. The highest BCUT2D eigenvalue weighted by atomic mass is 14.9. The minimum Gasteiger partial charge on any atom is -0.310 e. The molecule has 2 rings (SSSR count). The Balaban J connectivity index is 1.83. The predicted octanol–water partition coefficient (Wildman–Crippen LogP) is 4.64. The van der Waals surface area contributed by atoms with Gasteiger partial charge < -0.3 is 5.32 Å². The van der Waals surface area contributed by atoms with E-state index in [0.29, 0.717) is 11.5 Å². The van der Waals surface area contributed by atoms with Crippen molar-refractivity contribution in [3.8, 4) is 6.07 Å². The summed E-state index contributed by atoms with van der Waals surface area (Å²) in [6, 6.07) is 10.8. The monoisotopic (exact) mass is 284 g/mol. The molecule has 1 aliphatic carbocycles. The van der Waals surface area contributed by atoms with E-state index in [1.165, 1.54) is 32.1 Å². The molecule has 1 saturated carbocycles. The second-order valence-electron chi connectivity index (χ2n) is 7.04. The lowest BCUT2D eigenvalue weighted by molar-refractivity contribution is 0.137. The fourth-order valence-corrected chi connectivity index (χ4v) is 3.41. The normalized spacial score (nSPS) is 22.8. The number of rotatable bonds is 5. The zero-order chi connectivity index (χ0) is 15.3. The fourth-order valence-electron chi connectivity index (χ4n) is 3.41. The lowest BCUT2D eigenvalue weighted by Crippen LogP contribution is -2.36. The van der Waals surface area contributed by atoms with Gasteiger partial charge in [0.25, 0.3) is 0 Å². The quantitative estimate of drug-likeness (QED) is 0.854. The smallest absolute Gasteiger partial charge is 0.0995 e. The number of nitrogens with one attached hydrogen (secondary N) is 1. The van der Waals surface area contributed by atoms with Crippen LogP contribution in [-0.2, 0) is 6.54 Å². The lowest BCUT2D eigenvalue weighted by atomic mass is 9.69. The topological polar surface area (TPSA) is 35.8 Å². The molecule has 1 N–H and O–H groups in total. The number of benzene rings is 1. The molecule has 0 aromatic heterocycles. The molecule has 114 valence electrons. The summed E-state index contributed by atoms with van der Waals surface area (Å²) in [6.07, 6.45) is 6.47. The predicted molar refractivity (Wildman–Crippen MR) is 87.8 cm³/mol. The summed E-state index contributed by atoms with van der Waals surface area (Å²) in [5.41, 5.74) is 2.40. The van der Waals surface area contributed by atoms with Crippen molar-refractivity contribution in [3.63, 3.8) is 0 Å². The standard InChI is InChI=1S/C19H28N2/c1-4-19(2,3)17-9-11-18(12-10-17)21-14-16-8-6-5-7-15(16)13-20/h5-8,17-18,21H,4,9-12,14H2,1-3H3. The van der Waals surface area contributed by atoms with E-state index in [4.69, 9.17) is 5.26 Å². The molecule has 0 atom stereocenters. The van der Waals surface area contributed by atoms with Crippen LogP contribution in [0.2, 0.25) is 0 Å². The van der Waals surface area contributed by atoms with Crippen LogP contribution in [0, 0.1) is 22.7 Å². The van der Waals surface area contributed by atoms with Crippen LogP contribution < -0.4 is 5.32 Å². The first-order valence-corrected chi connectivity index (χ1v) is 8.28. The molecule has 0 saturated heterocycles. The number of hydrogen-bond acceptors (Lipinski definition) is 2. The van der Waals surface area contributed by atoms with E-state index < -0.39 is 0 Å². The van der Waals surface area contributed by atoms with Crippen molar-refractivity contribution >= 4 is 0 Å². The first-order valence-electron chi connectivity index (χ1n) is 8.28. The van der Waals surface area contributed by atoms with Crippen LogP contribution >= 0.6 is 0 Å². The summed E-state index contributed by atoms with van der Waals surface area (Å²) < 4.78 is 0. The largest absolute Gasteiger partial charge is 0.310 e. The minimum absolute atomic E-state index is 0.485. The van der Waals surface area contributed by atoms with Crippen LogP contribution in [0.3, 0.4) is 0 Å². The van der Waals surface area contributed by atoms with Crippen molar-refractivity contribution in [1.29, 1.82) is 5.26 Å². The molecule has 1 aliphatic rings. The highest BCUT2D eigenvalue weighted by Crippen LogP contribution is 2.40. The molecule has 0 spiro atoms. The summed E-state index contributed by atoms with van der Waals surface area (Å²) >= 11 is 0. The van der Waals surface area contributed by atoms with Crippen molar-refractivity contribution in [2.24, 2.45) is 11.3 Å². The summed E-state index contributed by atoms with van der Waals surface area (Å²) in [6.45, 7) is 7.95. The van der Waals surface area contributed by atoms with Gasteiger partial charge in [-0.1, -0.05) is 45.4 Å². The maximum absolute atomic E-state index is 9.13. The average molecular weight is 284 g/mol. The SMILES string of the molecule is CCC(C)(C)C1CCC(NCc2ccccc2C#N)CC1. The molecule has 1 aromatic rings. The highest BCUT2D eigenvalue weighted by Gasteiger charge is 2.31. The van der Waals surface area contributed by atoms with Crippen LogP contribution in [0.15, 0.2) is 24.3 Å². The van der Waals surface area contributed by atoms with E-state index in [-0.39, 0.29) is 0 Å². The third-order valence-corrected chi connectivity index (χ3v) is 5.46. The van der Waals surface area contributed by atoms with Gasteiger partial charge in [-0.2, -0.15) is 5.26 Å². The Bertz CT molecular complexity index is 491. The van der Waals surface area contributed by atoms with Crippen LogP contribution in [0.25, 0.3) is 0 Å². The van der Waals surface area contributed by atoms with E-state index in [2.05, 4.69) is 38.2 Å². The van der Waals surface area contributed by atoms with E-state index in [0.717, 1.165) is 23.6 Å². The van der Waals surface area contributed by atoms with Gasteiger partial charge >= 0.3 is 0 Å². The first-order chi connectivity index (χ1) is 10.1. The third-order valence-electron chi connectivity index (χ3n) is 5.46. The maximum Gasteiger partial charge on any atom is 0.0995 e. The molecule has 0 radical (unpaired) electrons. The maximum atomic E-state index is 9.13. The van der Waals surface area contributed by atoms with E-state index in [1.54, 1.807) is 0 Å². The van der Waals surface area contributed by atoms with Gasteiger partial charge in [0.2, 0.25) is 0 Å². The van der Waals surface area contributed by atoms with Gasteiger partial charge in [-0.15, -0.1) is 0 Å². The molecule has 0 heterocycles. The van der Waals surface area contributed by atoms with Crippen LogP contribution in [0.5, 0.6) is 0 Å². The van der Waals surface area contributed by atoms with Gasteiger partial charge in [-0.05, 0) is 48.6 Å². The zero-order valence-electron chi connectivity index (χ0n) is 13.7. The Morgan fingerprint density at radius 2 is 1.86 bits per heavy atom. The van der Waals surface area contributed by atoms with Gasteiger partial charge in [0, 0.05) is 12.6 Å². The van der Waals surface area contributed by atoms with Gasteiger partial charge in [0.15, 0.2) is 0 Å². The summed E-state index contributed by atoms with van der Waals surface area (Å²) in [5.74, 6) is 0.868. The van der Waals surface area contributed by atoms with E-state index in [1.807, 2.05) is 18.2 Å². The molecule has 21 heavy (non-hydrogen) atoms. The van der Waals surface area contributed by atoms with Gasteiger partial charge in [0.05, 0.1) is 11.6 Å². The molecule has 2 heteroatoms. The number of hydrogen-bond donors (Lipinski definition) is 1. The van der Waals surface area contributed by atoms with Crippen LogP contribution in [-0.4, -0.2) is 6.04 Å². The second-order valence-corrected chi connectivity index (χ2v) is 7.04. The molecular formula is C19H28N2. The second kappa shape index (κ2) is 7.09. The summed E-state index contributed by atoms with van der Waals surface area (Å²) in [5, 5.41) is 12.8. The average Bonchev–Trinajstić information content (AvgIpc) is 2.53. The Kier molecular flexibility index (Phi) is 5.42. The third kappa shape index (κ3) is 4.08. The van der Waals surface area contributed by atoms with Gasteiger partial charge in [0.1, 0.15) is 0 Å². The van der Waals surface area contributed by atoms with E-state index >= 15 is 0 Å². The molecule has 0 bridgehead atoms. The summed E-state index contributed by atoms with van der Waals surface area (Å²) in [4.78, 5) is 0. The molecular weight excluding hydrogens is 256 g/mol. The van der Waals surface area contributed by atoms with Gasteiger partial charge in [-0.3, -0.25) is 0 Å². The molecule has 1 aromatic carbocycles. The molecule has 2 nitrogen and oxygen atoms in total. The Morgan fingerprint density at radius 1 is 1.19 bits per heavy atom. The Labute approximate surface area is 129 Å². The minimum atomic E-state index is 0.485. The highest BCUT2D eigenvalue weighted by molar-refractivity contribution is 5.37. The van der Waals surface area contributed by atoms with Crippen LogP contribution in [0.1, 0.15) is 64.0 Å². The fraction of sp³-hybridized carbons (Fsp3) is 0.632. The lowest BCUT2D eigenvalue weighted by Gasteiger charge is -2.39. The molecule has 0 aliphatic heterocycles. The van der Waals surface area contributed by atoms with Crippen molar-refractivity contribution in [3.05, 3.63) is 35.4 Å². The zero-order valence-corrected chi connectivity index (χ0v) is 13.7. The van der Waals surface area contributed by atoms with E-state index in [9.17, 15) is 0 Å². The van der Waals surface area contributed by atoms with Crippen molar-refractivity contribution in [2.45, 2.75) is 65.5 Å². The van der Waals surface area contributed by atoms with Crippen molar-refractivity contribution in [2.75, 3.05) is 0 Å². The number of nitriles is 1. The Hall–Kier alpha value is -1.33. The molecule has 1 fully saturated rings. The van der Waals surface area contributed by atoms with Crippen molar-refractivity contribution < 1.29 is 0 Å². The van der Waals surface area contributed by atoms with Gasteiger partial charge in [-0.25, -0.2) is 0 Å². The number of nitrogens with zero attached hydrogens (tertiary/aromatic N) is 1. The summed E-state index contributed by atoms with van der Waals surface area (Å²) in [7, 11) is 0.